The van der Waals surface area contributed by atoms with Crippen molar-refractivity contribution in [3.63, 3.8) is 0 Å². The molecule has 1 aromatic rings. The standard InChI is InChI=1S/C16H26N2O3S/c1-2-3-12-21-15-7-6-14(16(13-15)22(17,19)20)8-11-18-9-4-5-10-18/h6-7,13H,2-5,8-12H2,1H3,(H2,17,19,20). The Morgan fingerprint density at radius 3 is 2.64 bits per heavy atom. The van der Waals surface area contributed by atoms with Gasteiger partial charge in [-0.2, -0.15) is 0 Å². The van der Waals surface area contributed by atoms with Crippen LogP contribution in [-0.4, -0.2) is 39.6 Å². The van der Waals surface area contributed by atoms with Gasteiger partial charge in [0.15, 0.2) is 0 Å². The van der Waals surface area contributed by atoms with Crippen molar-refractivity contribution < 1.29 is 13.2 Å². The highest BCUT2D eigenvalue weighted by Crippen LogP contribution is 2.23. The van der Waals surface area contributed by atoms with E-state index in [1.54, 1.807) is 6.07 Å². The van der Waals surface area contributed by atoms with E-state index >= 15 is 0 Å². The quantitative estimate of drug-likeness (QED) is 0.743. The summed E-state index contributed by atoms with van der Waals surface area (Å²) in [6.45, 7) is 5.75. The lowest BCUT2D eigenvalue weighted by atomic mass is 10.1. The summed E-state index contributed by atoms with van der Waals surface area (Å²) in [7, 11) is -3.73. The molecule has 124 valence electrons. The van der Waals surface area contributed by atoms with Gasteiger partial charge >= 0.3 is 0 Å². The summed E-state index contributed by atoms with van der Waals surface area (Å²) in [5.74, 6) is 0.572. The topological polar surface area (TPSA) is 72.6 Å². The molecule has 6 heteroatoms. The third kappa shape index (κ3) is 4.97. The van der Waals surface area contributed by atoms with Crippen LogP contribution in [0.15, 0.2) is 23.1 Å². The second kappa shape index (κ2) is 7.94. The Bertz CT molecular complexity index is 581. The average molecular weight is 326 g/mol. The summed E-state index contributed by atoms with van der Waals surface area (Å²) in [6.07, 6.45) is 5.14. The highest BCUT2D eigenvalue weighted by molar-refractivity contribution is 7.89. The maximum Gasteiger partial charge on any atom is 0.238 e. The molecule has 22 heavy (non-hydrogen) atoms. The summed E-state index contributed by atoms with van der Waals surface area (Å²) in [6, 6.07) is 5.23. The van der Waals surface area contributed by atoms with E-state index in [-0.39, 0.29) is 4.90 Å². The molecule has 0 aromatic heterocycles. The first kappa shape index (κ1) is 17.2. The number of hydrogen-bond donors (Lipinski definition) is 1. The number of hydrogen-bond acceptors (Lipinski definition) is 4. The molecule has 0 amide bonds. The summed E-state index contributed by atoms with van der Waals surface area (Å²) >= 11 is 0. The molecular weight excluding hydrogens is 300 g/mol. The summed E-state index contributed by atoms with van der Waals surface area (Å²) in [5.41, 5.74) is 0.775. The van der Waals surface area contributed by atoms with Gasteiger partial charge in [-0.1, -0.05) is 19.4 Å². The van der Waals surface area contributed by atoms with Gasteiger partial charge in [-0.25, -0.2) is 13.6 Å². The number of nitrogens with two attached hydrogens (primary N) is 1. The average Bonchev–Trinajstić information content (AvgIpc) is 2.98. The Balaban J connectivity index is 2.10. The third-order valence-corrected chi connectivity index (χ3v) is 5.00. The van der Waals surface area contributed by atoms with Gasteiger partial charge < -0.3 is 9.64 Å². The lowest BCUT2D eigenvalue weighted by molar-refractivity contribution is 0.308. The summed E-state index contributed by atoms with van der Waals surface area (Å²) in [4.78, 5) is 2.55. The summed E-state index contributed by atoms with van der Waals surface area (Å²) in [5, 5.41) is 5.37. The molecule has 0 bridgehead atoms. The SMILES string of the molecule is CCCCOc1ccc(CCN2CCCC2)c(S(N)(=O)=O)c1. The Morgan fingerprint density at radius 2 is 2.00 bits per heavy atom. The van der Waals surface area contributed by atoms with Crippen LogP contribution in [0.5, 0.6) is 5.75 Å². The molecule has 1 aromatic carbocycles. The van der Waals surface area contributed by atoms with Crippen molar-refractivity contribution in [1.29, 1.82) is 0 Å². The zero-order valence-electron chi connectivity index (χ0n) is 13.3. The van der Waals surface area contributed by atoms with Gasteiger partial charge in [0.1, 0.15) is 5.75 Å². The molecule has 0 radical (unpaired) electrons. The molecule has 0 aliphatic carbocycles. The van der Waals surface area contributed by atoms with E-state index in [0.29, 0.717) is 18.8 Å². The molecule has 2 N–H and O–H groups in total. The lowest BCUT2D eigenvalue weighted by Gasteiger charge is -2.16. The van der Waals surface area contributed by atoms with Crippen LogP contribution in [0.25, 0.3) is 0 Å². The molecule has 1 aliphatic heterocycles. The van der Waals surface area contributed by atoms with Crippen LogP contribution < -0.4 is 9.88 Å². The molecule has 0 unspecified atom stereocenters. The van der Waals surface area contributed by atoms with Crippen molar-refractivity contribution in [2.75, 3.05) is 26.2 Å². The molecule has 0 atom stereocenters. The summed E-state index contributed by atoms with van der Waals surface area (Å²) < 4.78 is 29.3. The number of sulfonamides is 1. The third-order valence-electron chi connectivity index (χ3n) is 4.01. The predicted molar refractivity (Wildman–Crippen MR) is 87.6 cm³/mol. The van der Waals surface area contributed by atoms with Crippen LogP contribution >= 0.6 is 0 Å². The maximum absolute atomic E-state index is 11.8. The van der Waals surface area contributed by atoms with E-state index in [0.717, 1.165) is 38.0 Å². The Labute approximate surface area is 133 Å². The molecule has 0 spiro atoms. The molecule has 1 heterocycles. The van der Waals surface area contributed by atoms with E-state index < -0.39 is 10.0 Å². The van der Waals surface area contributed by atoms with Gasteiger partial charge in [0.2, 0.25) is 10.0 Å². The van der Waals surface area contributed by atoms with Crippen LogP contribution in [0, 0.1) is 0 Å². The molecule has 0 saturated carbocycles. The van der Waals surface area contributed by atoms with Gasteiger partial charge in [0.25, 0.3) is 0 Å². The Morgan fingerprint density at radius 1 is 1.27 bits per heavy atom. The largest absolute Gasteiger partial charge is 0.494 e. The first-order valence-electron chi connectivity index (χ1n) is 8.01. The smallest absolute Gasteiger partial charge is 0.238 e. The Kier molecular flexibility index (Phi) is 6.23. The molecular formula is C16H26N2O3S. The van der Waals surface area contributed by atoms with E-state index in [1.165, 1.54) is 12.8 Å². The minimum absolute atomic E-state index is 0.195. The fourth-order valence-corrected chi connectivity index (χ4v) is 3.53. The Hall–Kier alpha value is -1.11. The van der Waals surface area contributed by atoms with E-state index in [1.807, 2.05) is 12.1 Å². The van der Waals surface area contributed by atoms with Crippen LogP contribution in [0.3, 0.4) is 0 Å². The lowest BCUT2D eigenvalue weighted by Crippen LogP contribution is -2.23. The van der Waals surface area contributed by atoms with Crippen LogP contribution in [-0.2, 0) is 16.4 Å². The molecule has 1 saturated heterocycles. The minimum Gasteiger partial charge on any atom is -0.494 e. The zero-order valence-corrected chi connectivity index (χ0v) is 14.1. The number of benzene rings is 1. The monoisotopic (exact) mass is 326 g/mol. The highest BCUT2D eigenvalue weighted by Gasteiger charge is 2.17. The predicted octanol–water partition coefficient (Wildman–Crippen LogP) is 2.15. The van der Waals surface area contributed by atoms with Crippen molar-refractivity contribution >= 4 is 10.0 Å². The second-order valence-corrected chi connectivity index (χ2v) is 7.35. The second-order valence-electron chi connectivity index (χ2n) is 5.82. The van der Waals surface area contributed by atoms with Crippen molar-refractivity contribution in [1.82, 2.24) is 4.90 Å². The first-order valence-corrected chi connectivity index (χ1v) is 9.56. The number of nitrogens with zero attached hydrogens (tertiary/aromatic N) is 1. The van der Waals surface area contributed by atoms with Gasteiger partial charge in [-0.15, -0.1) is 0 Å². The zero-order chi connectivity index (χ0) is 16.0. The molecule has 2 rings (SSSR count). The van der Waals surface area contributed by atoms with E-state index in [2.05, 4.69) is 11.8 Å². The fourth-order valence-electron chi connectivity index (χ4n) is 2.72. The number of unbranched alkanes of at least 4 members (excludes halogenated alkanes) is 1. The molecule has 1 aliphatic rings. The number of rotatable bonds is 8. The minimum atomic E-state index is -3.73. The fraction of sp³-hybridized carbons (Fsp3) is 0.625. The number of likely N-dealkylation sites (tertiary alicyclic amines) is 1. The van der Waals surface area contributed by atoms with Gasteiger partial charge in [-0.3, -0.25) is 0 Å². The van der Waals surface area contributed by atoms with Gasteiger partial charge in [0, 0.05) is 12.6 Å². The van der Waals surface area contributed by atoms with E-state index in [9.17, 15) is 8.42 Å². The van der Waals surface area contributed by atoms with Crippen molar-refractivity contribution in [3.05, 3.63) is 23.8 Å². The number of primary sulfonamides is 1. The molecule has 5 nitrogen and oxygen atoms in total. The van der Waals surface area contributed by atoms with E-state index in [4.69, 9.17) is 9.88 Å². The van der Waals surface area contributed by atoms with Gasteiger partial charge in [0.05, 0.1) is 11.5 Å². The normalized spacial score (nSPS) is 16.1. The van der Waals surface area contributed by atoms with Crippen LogP contribution in [0.1, 0.15) is 38.2 Å². The number of ether oxygens (including phenoxy) is 1. The van der Waals surface area contributed by atoms with Crippen LogP contribution in [0.4, 0.5) is 0 Å². The first-order chi connectivity index (χ1) is 10.5. The van der Waals surface area contributed by atoms with Crippen molar-refractivity contribution in [2.45, 2.75) is 43.9 Å². The van der Waals surface area contributed by atoms with Crippen molar-refractivity contribution in [2.24, 2.45) is 5.14 Å². The molecule has 1 fully saturated rings. The maximum atomic E-state index is 11.8. The highest BCUT2D eigenvalue weighted by atomic mass is 32.2. The van der Waals surface area contributed by atoms with Crippen LogP contribution in [0.2, 0.25) is 0 Å². The van der Waals surface area contributed by atoms with Gasteiger partial charge in [-0.05, 0) is 50.4 Å². The van der Waals surface area contributed by atoms with Crippen molar-refractivity contribution in [3.8, 4) is 5.75 Å².